The zero-order valence-electron chi connectivity index (χ0n) is 7.88. The van der Waals surface area contributed by atoms with Gasteiger partial charge in [-0.15, -0.1) is 24.0 Å². The van der Waals surface area contributed by atoms with Gasteiger partial charge in [0.15, 0.2) is 5.75 Å². The first-order valence-corrected chi connectivity index (χ1v) is 4.71. The zero-order chi connectivity index (χ0) is 9.68. The van der Waals surface area contributed by atoms with E-state index in [2.05, 4.69) is 4.98 Å². The molecule has 1 heterocycles. The van der Waals surface area contributed by atoms with Crippen molar-refractivity contribution < 1.29 is 4.74 Å². The van der Waals surface area contributed by atoms with Crippen LogP contribution in [0.5, 0.6) is 5.75 Å². The monoisotopic (exact) mass is 237 g/mol. The van der Waals surface area contributed by atoms with Crippen LogP contribution < -0.4 is 10.2 Å². The minimum Gasteiger partial charge on any atom is -0.488 e. The van der Waals surface area contributed by atoms with Crippen LogP contribution in [0.1, 0.15) is 19.0 Å². The second-order valence-corrected chi connectivity index (χ2v) is 2.94. The number of ether oxygens (including phenoxy) is 1. The van der Waals surface area contributed by atoms with Crippen molar-refractivity contribution in [2.45, 2.75) is 19.2 Å². The number of aromatic nitrogens is 1. The number of hydrogen-bond donors (Lipinski definition) is 1. The SMILES string of the molecule is CCCOc1c[nH]c(CCl)cc1=O.Cl. The highest BCUT2D eigenvalue weighted by atomic mass is 35.5. The standard InChI is InChI=1S/C9H12ClNO2.ClH/c1-2-3-13-9-6-11-7(5-10)4-8(9)12;/h4,6H,2-3,5H2,1H3,(H,11,12);1H. The van der Waals surface area contributed by atoms with E-state index in [0.29, 0.717) is 23.9 Å². The Morgan fingerprint density at radius 1 is 1.57 bits per heavy atom. The van der Waals surface area contributed by atoms with Gasteiger partial charge in [0.2, 0.25) is 5.43 Å². The summed E-state index contributed by atoms with van der Waals surface area (Å²) >= 11 is 5.54. The number of halogens is 2. The summed E-state index contributed by atoms with van der Waals surface area (Å²) in [6.45, 7) is 2.55. The van der Waals surface area contributed by atoms with Crippen molar-refractivity contribution in [3.05, 3.63) is 28.2 Å². The number of pyridine rings is 1. The molecule has 0 aliphatic rings. The molecule has 0 fully saturated rings. The Hall–Kier alpha value is -0.670. The molecule has 5 heteroatoms. The fourth-order valence-corrected chi connectivity index (χ4v) is 1.06. The summed E-state index contributed by atoms with van der Waals surface area (Å²) in [4.78, 5) is 14.2. The van der Waals surface area contributed by atoms with Crippen LogP contribution in [0.3, 0.4) is 0 Å². The highest BCUT2D eigenvalue weighted by Gasteiger charge is 2.00. The number of H-pyrrole nitrogens is 1. The quantitative estimate of drug-likeness (QED) is 0.818. The average Bonchev–Trinajstić information content (AvgIpc) is 2.16. The third-order valence-corrected chi connectivity index (χ3v) is 1.83. The van der Waals surface area contributed by atoms with Crippen LogP contribution in [-0.4, -0.2) is 11.6 Å². The summed E-state index contributed by atoms with van der Waals surface area (Å²) < 4.78 is 5.20. The molecule has 0 unspecified atom stereocenters. The van der Waals surface area contributed by atoms with Crippen LogP contribution in [0, 0.1) is 0 Å². The molecule has 0 radical (unpaired) electrons. The fourth-order valence-electron chi connectivity index (χ4n) is 0.902. The molecule has 0 saturated heterocycles. The van der Waals surface area contributed by atoms with Gasteiger partial charge < -0.3 is 9.72 Å². The first kappa shape index (κ1) is 13.3. The van der Waals surface area contributed by atoms with E-state index in [1.165, 1.54) is 6.07 Å². The summed E-state index contributed by atoms with van der Waals surface area (Å²) in [7, 11) is 0. The smallest absolute Gasteiger partial charge is 0.223 e. The van der Waals surface area contributed by atoms with Crippen molar-refractivity contribution in [1.29, 1.82) is 0 Å². The molecule has 1 aromatic heterocycles. The first-order chi connectivity index (χ1) is 6.27. The molecule has 0 aliphatic carbocycles. The molecule has 0 bridgehead atoms. The third kappa shape index (κ3) is 3.60. The maximum atomic E-state index is 11.3. The van der Waals surface area contributed by atoms with Crippen LogP contribution in [0.25, 0.3) is 0 Å². The fraction of sp³-hybridized carbons (Fsp3) is 0.444. The molecule has 14 heavy (non-hydrogen) atoms. The molecule has 1 N–H and O–H groups in total. The van der Waals surface area contributed by atoms with E-state index in [1.54, 1.807) is 6.20 Å². The number of rotatable bonds is 4. The van der Waals surface area contributed by atoms with Gasteiger partial charge in [-0.1, -0.05) is 6.92 Å². The summed E-state index contributed by atoms with van der Waals surface area (Å²) in [5, 5.41) is 0. The average molecular weight is 238 g/mol. The van der Waals surface area contributed by atoms with Gasteiger partial charge in [0.1, 0.15) is 0 Å². The van der Waals surface area contributed by atoms with Gasteiger partial charge in [0.25, 0.3) is 0 Å². The van der Waals surface area contributed by atoms with Crippen LogP contribution in [0.4, 0.5) is 0 Å². The Balaban J connectivity index is 0.00000169. The Morgan fingerprint density at radius 3 is 2.79 bits per heavy atom. The number of aromatic amines is 1. The molecule has 0 spiro atoms. The van der Waals surface area contributed by atoms with E-state index < -0.39 is 0 Å². The number of nitrogens with one attached hydrogen (secondary N) is 1. The van der Waals surface area contributed by atoms with Crippen molar-refractivity contribution >= 4 is 24.0 Å². The van der Waals surface area contributed by atoms with Crippen molar-refractivity contribution in [3.63, 3.8) is 0 Å². The largest absolute Gasteiger partial charge is 0.488 e. The molecule has 0 aromatic carbocycles. The molecule has 1 rings (SSSR count). The predicted octanol–water partition coefficient (Wildman–Crippen LogP) is 2.32. The van der Waals surface area contributed by atoms with Crippen LogP contribution in [0.15, 0.2) is 17.1 Å². The van der Waals surface area contributed by atoms with E-state index in [0.717, 1.165) is 6.42 Å². The topological polar surface area (TPSA) is 42.1 Å². The van der Waals surface area contributed by atoms with Gasteiger partial charge in [-0.05, 0) is 6.42 Å². The molecule has 0 saturated carbocycles. The van der Waals surface area contributed by atoms with E-state index in [9.17, 15) is 4.79 Å². The molecule has 1 aromatic rings. The van der Waals surface area contributed by atoms with Gasteiger partial charge in [0, 0.05) is 18.0 Å². The summed E-state index contributed by atoms with van der Waals surface area (Å²) in [6, 6.07) is 1.46. The van der Waals surface area contributed by atoms with Crippen molar-refractivity contribution in [2.24, 2.45) is 0 Å². The van der Waals surface area contributed by atoms with Gasteiger partial charge >= 0.3 is 0 Å². The maximum Gasteiger partial charge on any atom is 0.223 e. The Kier molecular flexibility index (Phi) is 6.41. The van der Waals surface area contributed by atoms with Gasteiger partial charge in [-0.2, -0.15) is 0 Å². The highest BCUT2D eigenvalue weighted by Crippen LogP contribution is 2.03. The van der Waals surface area contributed by atoms with E-state index >= 15 is 0 Å². The van der Waals surface area contributed by atoms with E-state index in [-0.39, 0.29) is 17.8 Å². The third-order valence-electron chi connectivity index (χ3n) is 1.54. The molecule has 0 aliphatic heterocycles. The normalized spacial score (nSPS) is 9.29. The Labute approximate surface area is 93.8 Å². The van der Waals surface area contributed by atoms with Crippen molar-refractivity contribution in [2.75, 3.05) is 6.61 Å². The van der Waals surface area contributed by atoms with Gasteiger partial charge in [-0.25, -0.2) is 0 Å². The number of hydrogen-bond acceptors (Lipinski definition) is 2. The minimum atomic E-state index is -0.122. The van der Waals surface area contributed by atoms with E-state index in [4.69, 9.17) is 16.3 Å². The number of alkyl halides is 1. The molecule has 3 nitrogen and oxygen atoms in total. The lowest BCUT2D eigenvalue weighted by Crippen LogP contribution is -2.09. The first-order valence-electron chi connectivity index (χ1n) is 4.18. The molecule has 0 atom stereocenters. The summed E-state index contributed by atoms with van der Waals surface area (Å²) in [5.74, 6) is 0.666. The lowest BCUT2D eigenvalue weighted by atomic mass is 10.3. The van der Waals surface area contributed by atoms with Gasteiger partial charge in [-0.3, -0.25) is 4.79 Å². The zero-order valence-corrected chi connectivity index (χ0v) is 9.45. The van der Waals surface area contributed by atoms with E-state index in [1.807, 2.05) is 6.92 Å². The van der Waals surface area contributed by atoms with Crippen LogP contribution in [0.2, 0.25) is 0 Å². The maximum absolute atomic E-state index is 11.3. The van der Waals surface area contributed by atoms with Crippen molar-refractivity contribution in [1.82, 2.24) is 4.98 Å². The highest BCUT2D eigenvalue weighted by molar-refractivity contribution is 6.16. The molecular weight excluding hydrogens is 225 g/mol. The minimum absolute atomic E-state index is 0. The second kappa shape index (κ2) is 6.74. The van der Waals surface area contributed by atoms with Crippen LogP contribution >= 0.6 is 24.0 Å². The molecule has 0 amide bonds. The van der Waals surface area contributed by atoms with Crippen LogP contribution in [-0.2, 0) is 5.88 Å². The molecule has 80 valence electrons. The Morgan fingerprint density at radius 2 is 2.29 bits per heavy atom. The molecular formula is C9H13Cl2NO2. The summed E-state index contributed by atoms with van der Waals surface area (Å²) in [5.41, 5.74) is 0.582. The summed E-state index contributed by atoms with van der Waals surface area (Å²) in [6.07, 6.45) is 2.44. The van der Waals surface area contributed by atoms with Gasteiger partial charge in [0.05, 0.1) is 12.5 Å². The lowest BCUT2D eigenvalue weighted by Gasteiger charge is -2.03. The Bertz CT molecular complexity index is 325. The lowest BCUT2D eigenvalue weighted by molar-refractivity contribution is 0.313. The predicted molar refractivity (Wildman–Crippen MR) is 59.7 cm³/mol. The van der Waals surface area contributed by atoms with Crippen molar-refractivity contribution in [3.8, 4) is 5.75 Å². The second-order valence-electron chi connectivity index (χ2n) is 2.67.